The number of allylic oxidation sites excluding steroid dienone is 1. The van der Waals surface area contributed by atoms with E-state index in [2.05, 4.69) is 21.2 Å². The number of benzene rings is 1. The van der Waals surface area contributed by atoms with Crippen LogP contribution in [0, 0.1) is 5.41 Å². The van der Waals surface area contributed by atoms with Gasteiger partial charge in [0.2, 0.25) is 0 Å². The van der Waals surface area contributed by atoms with E-state index >= 15 is 0 Å². The number of ether oxygens (including phenoxy) is 1. The van der Waals surface area contributed by atoms with E-state index in [9.17, 15) is 0 Å². The molecule has 0 aliphatic rings. The summed E-state index contributed by atoms with van der Waals surface area (Å²) >= 11 is 3.42. The normalized spacial score (nSPS) is 11.0. The molecular formula is C11H13BrN2O. The quantitative estimate of drug-likeness (QED) is 0.825. The Balaban J connectivity index is 3.10. The average molecular weight is 269 g/mol. The van der Waals surface area contributed by atoms with Crippen molar-refractivity contribution in [3.8, 4) is 5.75 Å². The minimum atomic E-state index is 0.795. The maximum Gasteiger partial charge on any atom is 0.133 e. The van der Waals surface area contributed by atoms with Crippen LogP contribution in [0.25, 0.3) is 5.70 Å². The Kier molecular flexibility index (Phi) is 4.37. The first-order chi connectivity index (χ1) is 7.22. The second-order valence-corrected chi connectivity index (χ2v) is 3.70. The van der Waals surface area contributed by atoms with Gasteiger partial charge in [-0.05, 0) is 45.8 Å². The van der Waals surface area contributed by atoms with E-state index in [1.807, 2.05) is 25.2 Å². The fourth-order valence-electron chi connectivity index (χ4n) is 1.24. The minimum absolute atomic E-state index is 0.795. The number of methoxy groups -OCH3 is 1. The second-order valence-electron chi connectivity index (χ2n) is 2.85. The number of nitrogens with one attached hydrogen (secondary N) is 2. The summed E-state index contributed by atoms with van der Waals surface area (Å²) in [4.78, 5) is 0. The predicted octanol–water partition coefficient (Wildman–Crippen LogP) is 2.67. The molecule has 0 amide bonds. The Morgan fingerprint density at radius 3 is 2.73 bits per heavy atom. The number of hydrogen-bond donors (Lipinski definition) is 2. The summed E-state index contributed by atoms with van der Waals surface area (Å²) in [7, 11) is 3.46. The first-order valence-electron chi connectivity index (χ1n) is 4.45. The Labute approximate surface area is 97.8 Å². The van der Waals surface area contributed by atoms with Gasteiger partial charge in [-0.25, -0.2) is 0 Å². The van der Waals surface area contributed by atoms with Crippen molar-refractivity contribution in [1.29, 1.82) is 5.41 Å². The molecule has 0 radical (unpaired) electrons. The summed E-state index contributed by atoms with van der Waals surface area (Å²) in [6.07, 6.45) is 2.96. The molecule has 1 aromatic carbocycles. The molecule has 0 bridgehead atoms. The molecule has 1 rings (SSSR count). The lowest BCUT2D eigenvalue weighted by molar-refractivity contribution is 0.412. The molecule has 0 spiro atoms. The van der Waals surface area contributed by atoms with Crippen LogP contribution in [0.15, 0.2) is 28.7 Å². The molecule has 0 unspecified atom stereocenters. The van der Waals surface area contributed by atoms with Gasteiger partial charge in [0.1, 0.15) is 5.75 Å². The Morgan fingerprint density at radius 2 is 2.27 bits per heavy atom. The molecule has 0 aromatic heterocycles. The summed E-state index contributed by atoms with van der Waals surface area (Å²) in [5.41, 5.74) is 1.90. The zero-order valence-electron chi connectivity index (χ0n) is 8.67. The van der Waals surface area contributed by atoms with Gasteiger partial charge < -0.3 is 15.5 Å². The highest BCUT2D eigenvalue weighted by Gasteiger charge is 2.03. The van der Waals surface area contributed by atoms with Gasteiger partial charge in [-0.1, -0.05) is 0 Å². The minimum Gasteiger partial charge on any atom is -0.496 e. The van der Waals surface area contributed by atoms with Crippen molar-refractivity contribution >= 4 is 27.8 Å². The fraction of sp³-hybridized carbons (Fsp3) is 0.182. The van der Waals surface area contributed by atoms with Crippen molar-refractivity contribution < 1.29 is 4.74 Å². The van der Waals surface area contributed by atoms with E-state index < -0.39 is 0 Å². The third kappa shape index (κ3) is 2.83. The highest BCUT2D eigenvalue weighted by Crippen LogP contribution is 2.27. The highest BCUT2D eigenvalue weighted by molar-refractivity contribution is 9.10. The second kappa shape index (κ2) is 5.56. The highest BCUT2D eigenvalue weighted by atomic mass is 79.9. The molecule has 80 valence electrons. The fourth-order valence-corrected chi connectivity index (χ4v) is 1.78. The zero-order valence-corrected chi connectivity index (χ0v) is 10.3. The predicted molar refractivity (Wildman–Crippen MR) is 66.5 cm³/mol. The van der Waals surface area contributed by atoms with Crippen LogP contribution >= 0.6 is 15.9 Å². The van der Waals surface area contributed by atoms with Crippen LogP contribution < -0.4 is 10.1 Å². The van der Waals surface area contributed by atoms with Crippen molar-refractivity contribution in [3.63, 3.8) is 0 Å². The van der Waals surface area contributed by atoms with Crippen LogP contribution in [0.3, 0.4) is 0 Å². The largest absolute Gasteiger partial charge is 0.496 e. The monoisotopic (exact) mass is 268 g/mol. The lowest BCUT2D eigenvalue weighted by Gasteiger charge is -2.09. The van der Waals surface area contributed by atoms with E-state index in [1.165, 1.54) is 6.21 Å². The van der Waals surface area contributed by atoms with Crippen molar-refractivity contribution in [2.24, 2.45) is 0 Å². The molecule has 0 fully saturated rings. The van der Waals surface area contributed by atoms with Crippen LogP contribution in [-0.2, 0) is 0 Å². The number of rotatable bonds is 4. The van der Waals surface area contributed by atoms with Crippen molar-refractivity contribution in [2.45, 2.75) is 0 Å². The molecule has 3 nitrogen and oxygen atoms in total. The van der Waals surface area contributed by atoms with Gasteiger partial charge in [0.25, 0.3) is 0 Å². The first-order valence-corrected chi connectivity index (χ1v) is 5.24. The van der Waals surface area contributed by atoms with Crippen molar-refractivity contribution in [3.05, 3.63) is 34.3 Å². The van der Waals surface area contributed by atoms with E-state index in [-0.39, 0.29) is 0 Å². The molecule has 1 aromatic rings. The summed E-state index contributed by atoms with van der Waals surface area (Å²) in [5, 5.41) is 10.1. The van der Waals surface area contributed by atoms with E-state index in [4.69, 9.17) is 10.1 Å². The van der Waals surface area contributed by atoms with E-state index in [1.54, 1.807) is 13.2 Å². The van der Waals surface area contributed by atoms with Crippen LogP contribution in [0.4, 0.5) is 0 Å². The molecule has 0 aliphatic carbocycles. The Hall–Kier alpha value is -1.29. The molecule has 0 saturated heterocycles. The first kappa shape index (κ1) is 11.8. The van der Waals surface area contributed by atoms with Gasteiger partial charge in [0.05, 0.1) is 11.6 Å². The lowest BCUT2D eigenvalue weighted by atomic mass is 10.1. The van der Waals surface area contributed by atoms with Gasteiger partial charge >= 0.3 is 0 Å². The van der Waals surface area contributed by atoms with E-state index in [0.29, 0.717) is 0 Å². The Morgan fingerprint density at radius 1 is 1.53 bits per heavy atom. The van der Waals surface area contributed by atoms with Crippen molar-refractivity contribution in [2.75, 3.05) is 14.2 Å². The third-order valence-electron chi connectivity index (χ3n) is 1.98. The zero-order chi connectivity index (χ0) is 11.3. The number of hydrogen-bond acceptors (Lipinski definition) is 3. The van der Waals surface area contributed by atoms with Gasteiger partial charge in [0, 0.05) is 19.0 Å². The molecular weight excluding hydrogens is 256 g/mol. The number of halogens is 1. The lowest BCUT2D eigenvalue weighted by Crippen LogP contribution is -2.04. The molecule has 0 atom stereocenters. The van der Waals surface area contributed by atoms with E-state index in [0.717, 1.165) is 21.5 Å². The summed E-state index contributed by atoms with van der Waals surface area (Å²) in [6, 6.07) is 5.77. The maximum absolute atomic E-state index is 7.04. The summed E-state index contributed by atoms with van der Waals surface area (Å²) in [5.74, 6) is 0.795. The van der Waals surface area contributed by atoms with Crippen LogP contribution in [-0.4, -0.2) is 20.4 Å². The SMILES string of the molecule is CN/C(=C\C=N)c1ccc(OC)c(Br)c1. The topological polar surface area (TPSA) is 45.1 Å². The standard InChI is InChI=1S/C11H13BrN2O/c1-14-10(5-6-13)8-3-4-11(15-2)9(12)7-8/h3-7,13-14H,1-2H3/b10-5-,13-6?. The van der Waals surface area contributed by atoms with Gasteiger partial charge in [-0.2, -0.15) is 0 Å². The van der Waals surface area contributed by atoms with Crippen LogP contribution in [0.1, 0.15) is 5.56 Å². The summed E-state index contributed by atoms with van der Waals surface area (Å²) in [6.45, 7) is 0. The van der Waals surface area contributed by atoms with Gasteiger partial charge in [0.15, 0.2) is 0 Å². The molecule has 15 heavy (non-hydrogen) atoms. The Bertz CT molecular complexity index is 388. The molecule has 2 N–H and O–H groups in total. The van der Waals surface area contributed by atoms with Gasteiger partial charge in [-0.3, -0.25) is 0 Å². The molecule has 0 aliphatic heterocycles. The smallest absolute Gasteiger partial charge is 0.133 e. The summed E-state index contributed by atoms with van der Waals surface area (Å²) < 4.78 is 6.04. The van der Waals surface area contributed by atoms with Crippen molar-refractivity contribution in [1.82, 2.24) is 5.32 Å². The molecule has 0 heterocycles. The van der Waals surface area contributed by atoms with Crippen LogP contribution in [0.5, 0.6) is 5.75 Å². The van der Waals surface area contributed by atoms with Crippen LogP contribution in [0.2, 0.25) is 0 Å². The maximum atomic E-state index is 7.04. The van der Waals surface area contributed by atoms with Gasteiger partial charge in [-0.15, -0.1) is 0 Å². The third-order valence-corrected chi connectivity index (χ3v) is 2.60. The molecule has 0 saturated carbocycles. The molecule has 4 heteroatoms. The average Bonchev–Trinajstić information content (AvgIpc) is 2.25.